The molecule has 1 aromatic heterocycles. The molecule has 0 fully saturated rings. The number of hydrogen-bond acceptors (Lipinski definition) is 5. The summed E-state index contributed by atoms with van der Waals surface area (Å²) in [6, 6.07) is 14.4. The number of aromatic nitrogens is 2. The molecule has 0 aliphatic rings. The van der Waals surface area contributed by atoms with Gasteiger partial charge in [0.1, 0.15) is 5.75 Å². The highest BCUT2D eigenvalue weighted by Crippen LogP contribution is 2.21. The fourth-order valence-corrected chi connectivity index (χ4v) is 2.33. The van der Waals surface area contributed by atoms with E-state index in [4.69, 9.17) is 9.26 Å². The Morgan fingerprint density at radius 2 is 2.04 bits per heavy atom. The summed E-state index contributed by atoms with van der Waals surface area (Å²) in [7, 11) is 1.60. The van der Waals surface area contributed by atoms with Crippen LogP contribution in [0.15, 0.2) is 57.5 Å². The Bertz CT molecular complexity index is 846. The average molecular weight is 388 g/mol. The lowest BCUT2D eigenvalue weighted by Gasteiger charge is -2.02. The third-order valence-corrected chi connectivity index (χ3v) is 3.83. The van der Waals surface area contributed by atoms with Crippen LogP contribution < -0.4 is 10.1 Å². The standard InChI is InChI=1S/C17H14BrN3O3/c1-23-14-4-2-3-12(9-14)16-20-15(24-21-16)10-19-17(22)11-5-7-13(18)8-6-11/h2-9H,10H2,1H3,(H,19,22). The van der Waals surface area contributed by atoms with Crippen molar-refractivity contribution in [1.29, 1.82) is 0 Å². The number of halogens is 1. The van der Waals surface area contributed by atoms with Gasteiger partial charge in [-0.05, 0) is 36.4 Å². The Labute approximate surface area is 147 Å². The molecule has 1 heterocycles. The smallest absolute Gasteiger partial charge is 0.251 e. The monoisotopic (exact) mass is 387 g/mol. The fraction of sp³-hybridized carbons (Fsp3) is 0.118. The minimum atomic E-state index is -0.205. The highest BCUT2D eigenvalue weighted by Gasteiger charge is 2.11. The molecule has 0 bridgehead atoms. The molecule has 3 rings (SSSR count). The van der Waals surface area contributed by atoms with Gasteiger partial charge in [-0.3, -0.25) is 4.79 Å². The summed E-state index contributed by atoms with van der Waals surface area (Å²) in [5.74, 6) is 1.28. The van der Waals surface area contributed by atoms with Gasteiger partial charge in [-0.2, -0.15) is 4.98 Å². The number of nitrogens with zero attached hydrogens (tertiary/aromatic N) is 2. The third kappa shape index (κ3) is 3.80. The van der Waals surface area contributed by atoms with Crippen LogP contribution in [0.5, 0.6) is 5.75 Å². The predicted molar refractivity (Wildman–Crippen MR) is 91.6 cm³/mol. The lowest BCUT2D eigenvalue weighted by atomic mass is 10.2. The van der Waals surface area contributed by atoms with Crippen molar-refractivity contribution in [3.05, 3.63) is 64.5 Å². The number of ether oxygens (including phenoxy) is 1. The average Bonchev–Trinajstić information content (AvgIpc) is 3.09. The van der Waals surface area contributed by atoms with E-state index in [1.165, 1.54) is 0 Å². The molecule has 7 heteroatoms. The van der Waals surface area contributed by atoms with E-state index in [1.54, 1.807) is 19.2 Å². The second kappa shape index (κ2) is 7.27. The Morgan fingerprint density at radius 1 is 1.25 bits per heavy atom. The van der Waals surface area contributed by atoms with E-state index in [0.717, 1.165) is 10.0 Å². The first kappa shape index (κ1) is 16.2. The number of carbonyl (C=O) groups excluding carboxylic acids is 1. The maximum Gasteiger partial charge on any atom is 0.251 e. The molecule has 0 saturated carbocycles. The van der Waals surface area contributed by atoms with Crippen molar-refractivity contribution >= 4 is 21.8 Å². The van der Waals surface area contributed by atoms with E-state index in [1.807, 2.05) is 36.4 Å². The van der Waals surface area contributed by atoms with Crippen LogP contribution in [0.25, 0.3) is 11.4 Å². The number of rotatable bonds is 5. The molecule has 0 spiro atoms. The molecule has 0 radical (unpaired) electrons. The number of benzene rings is 2. The highest BCUT2D eigenvalue weighted by atomic mass is 79.9. The van der Waals surface area contributed by atoms with Gasteiger partial charge in [0.2, 0.25) is 11.7 Å². The molecular weight excluding hydrogens is 374 g/mol. The van der Waals surface area contributed by atoms with Crippen LogP contribution in [0.3, 0.4) is 0 Å². The van der Waals surface area contributed by atoms with Crippen molar-refractivity contribution in [2.45, 2.75) is 6.54 Å². The maximum atomic E-state index is 12.1. The topological polar surface area (TPSA) is 77.3 Å². The second-order valence-electron chi connectivity index (χ2n) is 4.93. The fourth-order valence-electron chi connectivity index (χ4n) is 2.07. The molecule has 0 atom stereocenters. The molecule has 0 aliphatic carbocycles. The molecule has 6 nitrogen and oxygen atoms in total. The van der Waals surface area contributed by atoms with E-state index >= 15 is 0 Å². The van der Waals surface area contributed by atoms with Gasteiger partial charge >= 0.3 is 0 Å². The van der Waals surface area contributed by atoms with Crippen LogP contribution in [-0.4, -0.2) is 23.2 Å². The molecule has 0 unspecified atom stereocenters. The molecule has 1 N–H and O–H groups in total. The molecular formula is C17H14BrN3O3. The van der Waals surface area contributed by atoms with Crippen molar-refractivity contribution in [1.82, 2.24) is 15.5 Å². The Balaban J connectivity index is 1.65. The molecule has 1 amide bonds. The van der Waals surface area contributed by atoms with Crippen LogP contribution in [0.4, 0.5) is 0 Å². The van der Waals surface area contributed by atoms with Gasteiger partial charge in [0.05, 0.1) is 13.7 Å². The lowest BCUT2D eigenvalue weighted by molar-refractivity contribution is 0.0946. The Kier molecular flexibility index (Phi) is 4.90. The van der Waals surface area contributed by atoms with Gasteiger partial charge in [-0.1, -0.05) is 33.2 Å². The number of carbonyl (C=O) groups is 1. The zero-order valence-corrected chi connectivity index (χ0v) is 14.4. The predicted octanol–water partition coefficient (Wildman–Crippen LogP) is 3.44. The quantitative estimate of drug-likeness (QED) is 0.725. The van der Waals surface area contributed by atoms with Crippen LogP contribution in [-0.2, 0) is 6.54 Å². The van der Waals surface area contributed by atoms with Gasteiger partial charge < -0.3 is 14.6 Å². The zero-order valence-electron chi connectivity index (χ0n) is 12.8. The molecule has 122 valence electrons. The third-order valence-electron chi connectivity index (χ3n) is 3.30. The molecule has 2 aromatic carbocycles. The Hall–Kier alpha value is -2.67. The summed E-state index contributed by atoms with van der Waals surface area (Å²) in [5.41, 5.74) is 1.34. The van der Waals surface area contributed by atoms with Crippen molar-refractivity contribution in [2.24, 2.45) is 0 Å². The summed E-state index contributed by atoms with van der Waals surface area (Å²) in [4.78, 5) is 16.3. The number of amides is 1. The van der Waals surface area contributed by atoms with Gasteiger partial charge in [0.25, 0.3) is 5.91 Å². The van der Waals surface area contributed by atoms with Gasteiger partial charge in [0.15, 0.2) is 0 Å². The first-order chi connectivity index (χ1) is 11.7. The summed E-state index contributed by atoms with van der Waals surface area (Å²) in [6.07, 6.45) is 0. The normalized spacial score (nSPS) is 10.4. The largest absolute Gasteiger partial charge is 0.497 e. The van der Waals surface area contributed by atoms with Crippen molar-refractivity contribution in [3.63, 3.8) is 0 Å². The zero-order chi connectivity index (χ0) is 16.9. The van der Waals surface area contributed by atoms with E-state index in [0.29, 0.717) is 23.0 Å². The summed E-state index contributed by atoms with van der Waals surface area (Å²) in [5, 5.41) is 6.67. The minimum absolute atomic E-state index is 0.159. The Morgan fingerprint density at radius 3 is 2.79 bits per heavy atom. The van der Waals surface area contributed by atoms with E-state index in [2.05, 4.69) is 31.4 Å². The molecule has 3 aromatic rings. The SMILES string of the molecule is COc1cccc(-c2noc(CNC(=O)c3ccc(Br)cc3)n2)c1. The molecule has 0 aliphatic heterocycles. The minimum Gasteiger partial charge on any atom is -0.497 e. The van der Waals surface area contributed by atoms with E-state index < -0.39 is 0 Å². The van der Waals surface area contributed by atoms with Crippen molar-refractivity contribution in [3.8, 4) is 17.1 Å². The van der Waals surface area contributed by atoms with Crippen LogP contribution in [0.1, 0.15) is 16.2 Å². The summed E-state index contributed by atoms with van der Waals surface area (Å²) in [6.45, 7) is 0.159. The number of nitrogens with one attached hydrogen (secondary N) is 1. The second-order valence-corrected chi connectivity index (χ2v) is 5.85. The van der Waals surface area contributed by atoms with E-state index in [9.17, 15) is 4.79 Å². The number of methoxy groups -OCH3 is 1. The van der Waals surface area contributed by atoms with Crippen molar-refractivity contribution < 1.29 is 14.1 Å². The van der Waals surface area contributed by atoms with Gasteiger partial charge in [-0.25, -0.2) is 0 Å². The summed E-state index contributed by atoms with van der Waals surface area (Å²) >= 11 is 3.33. The lowest BCUT2D eigenvalue weighted by Crippen LogP contribution is -2.22. The maximum absolute atomic E-state index is 12.1. The summed E-state index contributed by atoms with van der Waals surface area (Å²) < 4.78 is 11.3. The molecule has 0 saturated heterocycles. The molecule has 24 heavy (non-hydrogen) atoms. The van der Waals surface area contributed by atoms with Crippen LogP contribution >= 0.6 is 15.9 Å². The van der Waals surface area contributed by atoms with E-state index in [-0.39, 0.29) is 12.5 Å². The van der Waals surface area contributed by atoms with Crippen molar-refractivity contribution in [2.75, 3.05) is 7.11 Å². The first-order valence-electron chi connectivity index (χ1n) is 7.16. The first-order valence-corrected chi connectivity index (χ1v) is 7.96. The highest BCUT2D eigenvalue weighted by molar-refractivity contribution is 9.10. The van der Waals surface area contributed by atoms with Gasteiger partial charge in [0, 0.05) is 15.6 Å². The van der Waals surface area contributed by atoms with Gasteiger partial charge in [-0.15, -0.1) is 0 Å². The van der Waals surface area contributed by atoms with Crippen LogP contribution in [0, 0.1) is 0 Å². The number of hydrogen-bond donors (Lipinski definition) is 1. The van der Waals surface area contributed by atoms with Crippen LogP contribution in [0.2, 0.25) is 0 Å².